The van der Waals surface area contributed by atoms with Crippen LogP contribution in [0.25, 0.3) is 0 Å². The smallest absolute Gasteiger partial charge is 0.254 e. The summed E-state index contributed by atoms with van der Waals surface area (Å²) in [7, 11) is 1.61. The summed E-state index contributed by atoms with van der Waals surface area (Å²) in [5.41, 5.74) is 2.16. The largest absolute Gasteiger partial charge is 0.497 e. The van der Waals surface area contributed by atoms with Crippen molar-refractivity contribution in [3.05, 3.63) is 53.6 Å². The fraction of sp³-hybridized carbons (Fsp3) is 0.348. The van der Waals surface area contributed by atoms with E-state index in [2.05, 4.69) is 5.32 Å². The Morgan fingerprint density at radius 1 is 1.06 bits per heavy atom. The number of hydrogen-bond donors (Lipinski definition) is 1. The molecule has 1 fully saturated rings. The van der Waals surface area contributed by atoms with E-state index in [9.17, 15) is 14.4 Å². The normalized spacial score (nSPS) is 16.2. The van der Waals surface area contributed by atoms with Gasteiger partial charge in [0.2, 0.25) is 11.8 Å². The zero-order valence-corrected chi connectivity index (χ0v) is 18.2. The molecule has 0 unspecified atom stereocenters. The first-order chi connectivity index (χ1) is 15.0. The molecule has 0 bridgehead atoms. The van der Waals surface area contributed by atoms with Crippen molar-refractivity contribution in [2.75, 3.05) is 44.4 Å². The highest BCUT2D eigenvalue weighted by Crippen LogP contribution is 2.31. The molecule has 0 spiro atoms. The summed E-state index contributed by atoms with van der Waals surface area (Å²) in [6, 6.07) is 13.0. The van der Waals surface area contributed by atoms with Crippen molar-refractivity contribution >= 4 is 35.2 Å². The highest BCUT2D eigenvalue weighted by Gasteiger charge is 2.26. The summed E-state index contributed by atoms with van der Waals surface area (Å²) in [5.74, 6) is 1.41. The number of nitrogens with zero attached hydrogens (tertiary/aromatic N) is 2. The van der Waals surface area contributed by atoms with Crippen LogP contribution in [0.15, 0.2) is 47.4 Å². The molecule has 2 heterocycles. The molecule has 2 aromatic rings. The average molecular weight is 440 g/mol. The van der Waals surface area contributed by atoms with Gasteiger partial charge in [0.15, 0.2) is 0 Å². The molecule has 0 atom stereocenters. The number of nitrogens with one attached hydrogen (secondary N) is 1. The molecule has 1 saturated heterocycles. The van der Waals surface area contributed by atoms with Gasteiger partial charge in [-0.05, 0) is 35.9 Å². The second-order valence-electron chi connectivity index (χ2n) is 7.56. The van der Waals surface area contributed by atoms with Crippen LogP contribution < -0.4 is 10.1 Å². The summed E-state index contributed by atoms with van der Waals surface area (Å²) >= 11 is 1.62. The number of fused-ring (bicyclic) bond motifs is 1. The van der Waals surface area contributed by atoms with Crippen LogP contribution in [0.4, 0.5) is 5.69 Å². The second kappa shape index (κ2) is 9.43. The molecule has 8 heteroatoms. The first-order valence-electron chi connectivity index (χ1n) is 10.3. The van der Waals surface area contributed by atoms with Gasteiger partial charge in [-0.25, -0.2) is 0 Å². The minimum Gasteiger partial charge on any atom is -0.497 e. The summed E-state index contributed by atoms with van der Waals surface area (Å²) in [4.78, 5) is 42.0. The van der Waals surface area contributed by atoms with Crippen molar-refractivity contribution < 1.29 is 19.1 Å². The zero-order valence-electron chi connectivity index (χ0n) is 17.4. The van der Waals surface area contributed by atoms with Gasteiger partial charge in [-0.3, -0.25) is 14.4 Å². The molecule has 4 rings (SSSR count). The Labute approximate surface area is 185 Å². The molecule has 31 heavy (non-hydrogen) atoms. The molecule has 0 saturated carbocycles. The maximum Gasteiger partial charge on any atom is 0.254 e. The van der Waals surface area contributed by atoms with Crippen LogP contribution in [0.3, 0.4) is 0 Å². The van der Waals surface area contributed by atoms with Gasteiger partial charge in [-0.2, -0.15) is 0 Å². The van der Waals surface area contributed by atoms with Crippen molar-refractivity contribution in [3.8, 4) is 5.75 Å². The monoisotopic (exact) mass is 439 g/mol. The third kappa shape index (κ3) is 5.02. The Hall–Kier alpha value is -3.00. The van der Waals surface area contributed by atoms with E-state index >= 15 is 0 Å². The number of hydrogen-bond acceptors (Lipinski definition) is 5. The van der Waals surface area contributed by atoms with Gasteiger partial charge in [0.05, 0.1) is 19.2 Å². The van der Waals surface area contributed by atoms with E-state index < -0.39 is 0 Å². The summed E-state index contributed by atoms with van der Waals surface area (Å²) in [6.45, 7) is 1.99. The Bertz CT molecular complexity index is 1000. The fourth-order valence-corrected chi connectivity index (χ4v) is 4.70. The number of carbonyl (C=O) groups is 3. The van der Waals surface area contributed by atoms with E-state index in [1.165, 1.54) is 0 Å². The molecule has 0 radical (unpaired) electrons. The van der Waals surface area contributed by atoms with Gasteiger partial charge in [0.1, 0.15) is 5.75 Å². The quantitative estimate of drug-likeness (QED) is 0.793. The Kier molecular flexibility index (Phi) is 6.46. The number of amides is 3. The van der Waals surface area contributed by atoms with Gasteiger partial charge in [0.25, 0.3) is 5.91 Å². The number of benzene rings is 2. The number of anilines is 1. The third-order valence-corrected chi connectivity index (χ3v) is 6.57. The predicted octanol–water partition coefficient (Wildman–Crippen LogP) is 2.66. The Morgan fingerprint density at radius 3 is 2.61 bits per heavy atom. The number of rotatable bonds is 4. The summed E-state index contributed by atoms with van der Waals surface area (Å²) in [6.07, 6.45) is 0.779. The minimum atomic E-state index is -0.0776. The first-order valence-corrected chi connectivity index (χ1v) is 11.3. The van der Waals surface area contributed by atoms with Gasteiger partial charge in [-0.1, -0.05) is 12.1 Å². The summed E-state index contributed by atoms with van der Waals surface area (Å²) in [5, 5.41) is 2.88. The van der Waals surface area contributed by atoms with Crippen LogP contribution in [0.1, 0.15) is 22.3 Å². The second-order valence-corrected chi connectivity index (χ2v) is 8.70. The number of piperazine rings is 1. The average Bonchev–Trinajstić information content (AvgIpc) is 2.98. The lowest BCUT2D eigenvalue weighted by molar-refractivity contribution is -0.131. The van der Waals surface area contributed by atoms with E-state index in [1.54, 1.807) is 34.7 Å². The van der Waals surface area contributed by atoms with Crippen LogP contribution in [-0.2, 0) is 16.0 Å². The number of ether oxygens (including phenoxy) is 1. The van der Waals surface area contributed by atoms with E-state index in [-0.39, 0.29) is 17.7 Å². The van der Waals surface area contributed by atoms with Gasteiger partial charge >= 0.3 is 0 Å². The van der Waals surface area contributed by atoms with Crippen LogP contribution in [-0.4, -0.2) is 66.6 Å². The van der Waals surface area contributed by atoms with Crippen LogP contribution in [0.2, 0.25) is 0 Å². The maximum atomic E-state index is 13.0. The summed E-state index contributed by atoms with van der Waals surface area (Å²) < 4.78 is 5.22. The molecule has 0 aromatic heterocycles. The zero-order chi connectivity index (χ0) is 21.8. The molecule has 1 N–H and O–H groups in total. The van der Waals surface area contributed by atoms with E-state index in [1.807, 2.05) is 36.4 Å². The van der Waals surface area contributed by atoms with E-state index in [4.69, 9.17) is 4.74 Å². The van der Waals surface area contributed by atoms with Gasteiger partial charge in [0, 0.05) is 48.8 Å². The van der Waals surface area contributed by atoms with Crippen LogP contribution >= 0.6 is 11.8 Å². The molecule has 2 aromatic carbocycles. The van der Waals surface area contributed by atoms with Gasteiger partial charge in [-0.15, -0.1) is 11.8 Å². The van der Waals surface area contributed by atoms with Crippen LogP contribution in [0, 0.1) is 0 Å². The van der Waals surface area contributed by atoms with Crippen molar-refractivity contribution in [2.24, 2.45) is 0 Å². The third-order valence-electron chi connectivity index (χ3n) is 5.50. The molecule has 7 nitrogen and oxygen atoms in total. The highest BCUT2D eigenvalue weighted by molar-refractivity contribution is 7.99. The maximum absolute atomic E-state index is 13.0. The molecule has 2 aliphatic heterocycles. The lowest BCUT2D eigenvalue weighted by Crippen LogP contribution is -2.51. The number of thioether (sulfide) groups is 1. The molecular formula is C23H25N3O4S. The topological polar surface area (TPSA) is 79.0 Å². The van der Waals surface area contributed by atoms with Crippen molar-refractivity contribution in [3.63, 3.8) is 0 Å². The number of methoxy groups -OCH3 is 1. The van der Waals surface area contributed by atoms with E-state index in [0.717, 1.165) is 22.0 Å². The van der Waals surface area contributed by atoms with Gasteiger partial charge < -0.3 is 19.9 Å². The molecule has 162 valence electrons. The molecular weight excluding hydrogens is 414 g/mol. The number of carbonyl (C=O) groups excluding carboxylic acids is 3. The molecule has 0 aliphatic carbocycles. The molecule has 2 aliphatic rings. The standard InChI is InChI=1S/C23H25N3O4S/c1-30-18-4-2-3-16(13-18)14-22(28)25-8-10-26(11-9-25)23(29)17-5-6-20-19(15-17)24-21(27)7-12-31-20/h2-6,13,15H,7-12,14H2,1H3,(H,24,27). The van der Waals surface area contributed by atoms with Crippen molar-refractivity contribution in [1.29, 1.82) is 0 Å². The Morgan fingerprint density at radius 2 is 1.84 bits per heavy atom. The lowest BCUT2D eigenvalue weighted by atomic mass is 10.1. The SMILES string of the molecule is COc1cccc(CC(=O)N2CCN(C(=O)c3ccc4c(c3)NC(=O)CCS4)CC2)c1. The fourth-order valence-electron chi connectivity index (χ4n) is 3.76. The minimum absolute atomic E-state index is 0.0287. The van der Waals surface area contributed by atoms with Crippen molar-refractivity contribution in [1.82, 2.24) is 9.80 Å². The molecule has 3 amide bonds. The van der Waals surface area contributed by atoms with E-state index in [0.29, 0.717) is 50.3 Å². The lowest BCUT2D eigenvalue weighted by Gasteiger charge is -2.35. The predicted molar refractivity (Wildman–Crippen MR) is 120 cm³/mol. The van der Waals surface area contributed by atoms with Crippen molar-refractivity contribution in [2.45, 2.75) is 17.7 Å². The van der Waals surface area contributed by atoms with Crippen LogP contribution in [0.5, 0.6) is 5.75 Å². The first kappa shape index (κ1) is 21.2. The Balaban J connectivity index is 1.35. The highest BCUT2D eigenvalue weighted by atomic mass is 32.2.